The molecule has 23 heavy (non-hydrogen) atoms. The van der Waals surface area contributed by atoms with Gasteiger partial charge in [0.25, 0.3) is 0 Å². The van der Waals surface area contributed by atoms with Gasteiger partial charge in [0.1, 0.15) is 6.61 Å². The molecule has 1 aromatic rings. The van der Waals surface area contributed by atoms with Crippen LogP contribution in [0.25, 0.3) is 0 Å². The summed E-state index contributed by atoms with van der Waals surface area (Å²) in [5, 5.41) is 0. The minimum absolute atomic E-state index is 0.0862. The van der Waals surface area contributed by atoms with Gasteiger partial charge in [-0.2, -0.15) is 0 Å². The second kappa shape index (κ2) is 5.79. The molecule has 0 saturated carbocycles. The van der Waals surface area contributed by atoms with Gasteiger partial charge in [0.2, 0.25) is 5.91 Å². The number of ether oxygens (including phenoxy) is 1. The van der Waals surface area contributed by atoms with E-state index in [1.807, 2.05) is 18.7 Å². The molecule has 2 aliphatic heterocycles. The summed E-state index contributed by atoms with van der Waals surface area (Å²) in [7, 11) is 0. The highest BCUT2D eigenvalue weighted by atomic mass is 16.6. The van der Waals surface area contributed by atoms with Crippen LogP contribution < -0.4 is 4.90 Å². The number of hydrogen-bond acceptors (Lipinski definition) is 5. The molecule has 0 bridgehead atoms. The topological polar surface area (TPSA) is 75.6 Å². The fourth-order valence-electron chi connectivity index (χ4n) is 3.20. The summed E-state index contributed by atoms with van der Waals surface area (Å²) in [6, 6.07) is 0. The number of likely N-dealkylation sites (tertiary alicyclic amines) is 1. The Morgan fingerprint density at radius 2 is 2.17 bits per heavy atom. The number of rotatable bonds is 2. The van der Waals surface area contributed by atoms with Crippen LogP contribution in [0.2, 0.25) is 0 Å². The molecule has 0 unspecified atom stereocenters. The lowest BCUT2D eigenvalue weighted by Crippen LogP contribution is -2.43. The normalized spacial score (nSPS) is 23.8. The molecule has 2 saturated heterocycles. The van der Waals surface area contributed by atoms with Crippen molar-refractivity contribution < 1.29 is 14.3 Å². The Morgan fingerprint density at radius 1 is 1.39 bits per heavy atom. The molecule has 1 atom stereocenters. The summed E-state index contributed by atoms with van der Waals surface area (Å²) in [5.74, 6) is 0.750. The quantitative estimate of drug-likeness (QED) is 0.833. The highest BCUT2D eigenvalue weighted by Gasteiger charge is 2.42. The third kappa shape index (κ3) is 3.00. The molecule has 7 heteroatoms. The van der Waals surface area contributed by atoms with E-state index in [1.54, 1.807) is 24.2 Å². The zero-order valence-electron chi connectivity index (χ0n) is 13.8. The predicted molar refractivity (Wildman–Crippen MR) is 84.2 cm³/mol. The second-order valence-corrected chi connectivity index (χ2v) is 6.81. The summed E-state index contributed by atoms with van der Waals surface area (Å²) in [4.78, 5) is 35.9. The molecule has 124 valence electrons. The molecule has 0 N–H and O–H groups in total. The van der Waals surface area contributed by atoms with E-state index in [9.17, 15) is 9.59 Å². The van der Waals surface area contributed by atoms with Crippen molar-refractivity contribution in [1.29, 1.82) is 0 Å². The minimum Gasteiger partial charge on any atom is -0.447 e. The Morgan fingerprint density at radius 3 is 2.83 bits per heavy atom. The number of anilines is 1. The number of piperidine rings is 1. The molecular weight excluding hydrogens is 296 g/mol. The van der Waals surface area contributed by atoms with E-state index in [2.05, 4.69) is 9.97 Å². The largest absolute Gasteiger partial charge is 0.447 e. The Hall–Kier alpha value is -2.18. The van der Waals surface area contributed by atoms with Gasteiger partial charge >= 0.3 is 6.09 Å². The van der Waals surface area contributed by atoms with Crippen molar-refractivity contribution in [3.8, 4) is 0 Å². The van der Waals surface area contributed by atoms with Crippen LogP contribution in [0.3, 0.4) is 0 Å². The van der Waals surface area contributed by atoms with Gasteiger partial charge < -0.3 is 9.64 Å². The maximum absolute atomic E-state index is 12.0. The molecule has 3 heterocycles. The fourth-order valence-corrected chi connectivity index (χ4v) is 3.20. The van der Waals surface area contributed by atoms with Crippen molar-refractivity contribution in [2.24, 2.45) is 0 Å². The van der Waals surface area contributed by atoms with Gasteiger partial charge in [-0.1, -0.05) is 0 Å². The van der Waals surface area contributed by atoms with Crippen LogP contribution in [0.1, 0.15) is 45.2 Å². The standard InChI is InChI=1S/C16H22N4O3/c1-11(21)19-6-4-5-12(9-19)13-7-17-8-14(18-13)20-15(22)23-10-16(20,2)3/h7-8,12H,4-6,9-10H2,1-3H3/t12-/m0/s1. The van der Waals surface area contributed by atoms with Crippen molar-refractivity contribution in [2.45, 2.75) is 45.1 Å². The first-order valence-electron chi connectivity index (χ1n) is 7.93. The van der Waals surface area contributed by atoms with Crippen molar-refractivity contribution >= 4 is 17.8 Å². The SMILES string of the molecule is CC(=O)N1CCC[C@H](c2cncc(N3C(=O)OCC3(C)C)n2)C1. The number of cyclic esters (lactones) is 1. The first-order valence-corrected chi connectivity index (χ1v) is 7.93. The second-order valence-electron chi connectivity index (χ2n) is 6.81. The first-order chi connectivity index (χ1) is 10.9. The Balaban J connectivity index is 1.85. The summed E-state index contributed by atoms with van der Waals surface area (Å²) in [5.41, 5.74) is 0.381. The Bertz CT molecular complexity index is 632. The lowest BCUT2D eigenvalue weighted by Gasteiger charge is -2.32. The van der Waals surface area contributed by atoms with Crippen LogP contribution in [0.15, 0.2) is 12.4 Å². The van der Waals surface area contributed by atoms with Gasteiger partial charge in [0, 0.05) is 32.1 Å². The molecule has 3 rings (SSSR count). The molecule has 0 aliphatic carbocycles. The van der Waals surface area contributed by atoms with E-state index in [-0.39, 0.29) is 11.8 Å². The van der Waals surface area contributed by atoms with Gasteiger partial charge in [-0.3, -0.25) is 14.7 Å². The summed E-state index contributed by atoms with van der Waals surface area (Å²) in [6.45, 7) is 7.24. The fraction of sp³-hybridized carbons (Fsp3) is 0.625. The van der Waals surface area contributed by atoms with Crippen LogP contribution in [-0.4, -0.2) is 52.1 Å². The van der Waals surface area contributed by atoms with Crippen LogP contribution in [0, 0.1) is 0 Å². The lowest BCUT2D eigenvalue weighted by atomic mass is 9.95. The average molecular weight is 318 g/mol. The summed E-state index contributed by atoms with van der Waals surface area (Å²) >= 11 is 0. The first kappa shape index (κ1) is 15.7. The predicted octanol–water partition coefficient (Wildman–Crippen LogP) is 1.94. The average Bonchev–Trinajstić information content (AvgIpc) is 2.81. The molecular formula is C16H22N4O3. The van der Waals surface area contributed by atoms with Crippen LogP contribution in [0.5, 0.6) is 0 Å². The number of hydrogen-bond donors (Lipinski definition) is 0. The molecule has 0 aromatic carbocycles. The van der Waals surface area contributed by atoms with Crippen molar-refractivity contribution in [3.63, 3.8) is 0 Å². The molecule has 0 radical (unpaired) electrons. The molecule has 0 spiro atoms. The van der Waals surface area contributed by atoms with E-state index < -0.39 is 11.6 Å². The van der Waals surface area contributed by atoms with E-state index >= 15 is 0 Å². The number of carbonyl (C=O) groups is 2. The zero-order chi connectivity index (χ0) is 16.6. The van der Waals surface area contributed by atoms with Gasteiger partial charge in [0.15, 0.2) is 5.82 Å². The minimum atomic E-state index is -0.442. The van der Waals surface area contributed by atoms with Crippen molar-refractivity contribution in [3.05, 3.63) is 18.1 Å². The molecule has 2 aliphatic rings. The summed E-state index contributed by atoms with van der Waals surface area (Å²) < 4.78 is 5.14. The highest BCUT2D eigenvalue weighted by molar-refractivity contribution is 5.90. The Labute approximate surface area is 135 Å². The highest BCUT2D eigenvalue weighted by Crippen LogP contribution is 2.31. The van der Waals surface area contributed by atoms with Crippen molar-refractivity contribution in [2.75, 3.05) is 24.6 Å². The van der Waals surface area contributed by atoms with E-state index in [4.69, 9.17) is 4.74 Å². The van der Waals surface area contributed by atoms with E-state index in [0.717, 1.165) is 25.1 Å². The molecule has 1 aromatic heterocycles. The number of aromatic nitrogens is 2. The van der Waals surface area contributed by atoms with Gasteiger partial charge in [-0.25, -0.2) is 9.78 Å². The molecule has 2 amide bonds. The van der Waals surface area contributed by atoms with Crippen LogP contribution >= 0.6 is 0 Å². The zero-order valence-corrected chi connectivity index (χ0v) is 13.8. The number of amides is 2. The van der Waals surface area contributed by atoms with Crippen LogP contribution in [0.4, 0.5) is 10.6 Å². The lowest BCUT2D eigenvalue weighted by molar-refractivity contribution is -0.130. The van der Waals surface area contributed by atoms with Gasteiger partial charge in [-0.05, 0) is 26.7 Å². The third-order valence-corrected chi connectivity index (χ3v) is 4.49. The van der Waals surface area contributed by atoms with E-state index in [0.29, 0.717) is 19.0 Å². The van der Waals surface area contributed by atoms with Crippen LogP contribution in [-0.2, 0) is 9.53 Å². The van der Waals surface area contributed by atoms with Gasteiger partial charge in [0.05, 0.1) is 17.4 Å². The smallest absolute Gasteiger partial charge is 0.416 e. The maximum atomic E-state index is 12.0. The van der Waals surface area contributed by atoms with Crippen molar-refractivity contribution in [1.82, 2.24) is 14.9 Å². The van der Waals surface area contributed by atoms with E-state index in [1.165, 1.54) is 0 Å². The molecule has 7 nitrogen and oxygen atoms in total. The Kier molecular flexibility index (Phi) is 3.95. The summed E-state index contributed by atoms with van der Waals surface area (Å²) in [6.07, 6.45) is 4.84. The monoisotopic (exact) mass is 318 g/mol. The number of carbonyl (C=O) groups excluding carboxylic acids is 2. The maximum Gasteiger partial charge on any atom is 0.416 e. The third-order valence-electron chi connectivity index (χ3n) is 4.49. The van der Waals surface area contributed by atoms with Gasteiger partial charge in [-0.15, -0.1) is 0 Å². The molecule has 2 fully saturated rings. The number of nitrogens with zero attached hydrogens (tertiary/aromatic N) is 4.